The molecule has 31 heavy (non-hydrogen) atoms. The minimum atomic E-state index is -0.411. The van der Waals surface area contributed by atoms with Gasteiger partial charge in [-0.15, -0.1) is 11.8 Å². The monoisotopic (exact) mass is 450 g/mol. The molecular weight excluding hydrogens is 416 g/mol. The van der Waals surface area contributed by atoms with Gasteiger partial charge in [0.15, 0.2) is 0 Å². The van der Waals surface area contributed by atoms with Gasteiger partial charge in [0.2, 0.25) is 5.91 Å². The fourth-order valence-corrected chi connectivity index (χ4v) is 4.73. The summed E-state index contributed by atoms with van der Waals surface area (Å²) in [5.41, 5.74) is 0.329. The molecule has 1 heterocycles. The SMILES string of the molecule is CCN(CC)C(=O)CN1CCN(C(=O)c2ccc(SCCC(C)C)c([N+](=O)[O-])c2)CC1. The van der Waals surface area contributed by atoms with Crippen molar-refractivity contribution in [3.8, 4) is 0 Å². The number of nitro benzene ring substituents is 1. The van der Waals surface area contributed by atoms with Crippen LogP contribution in [0.5, 0.6) is 0 Å². The van der Waals surface area contributed by atoms with Crippen LogP contribution in [0.4, 0.5) is 5.69 Å². The Kier molecular flexibility index (Phi) is 9.77. The number of hydrogen-bond acceptors (Lipinski definition) is 6. The van der Waals surface area contributed by atoms with Crippen molar-refractivity contribution >= 4 is 29.3 Å². The van der Waals surface area contributed by atoms with Crippen LogP contribution >= 0.6 is 11.8 Å². The van der Waals surface area contributed by atoms with Crippen molar-refractivity contribution in [3.05, 3.63) is 33.9 Å². The molecule has 1 fully saturated rings. The van der Waals surface area contributed by atoms with Crippen molar-refractivity contribution < 1.29 is 14.5 Å². The van der Waals surface area contributed by atoms with Gasteiger partial charge in [0.1, 0.15) is 0 Å². The van der Waals surface area contributed by atoms with E-state index in [4.69, 9.17) is 0 Å². The maximum atomic E-state index is 12.9. The Bertz CT molecular complexity index is 775. The Morgan fingerprint density at radius 2 is 1.81 bits per heavy atom. The van der Waals surface area contributed by atoms with Gasteiger partial charge in [-0.25, -0.2) is 0 Å². The van der Waals surface area contributed by atoms with Crippen LogP contribution in [0.1, 0.15) is 44.5 Å². The molecule has 0 radical (unpaired) electrons. The number of thioether (sulfide) groups is 1. The largest absolute Gasteiger partial charge is 0.342 e. The molecule has 172 valence electrons. The van der Waals surface area contributed by atoms with Gasteiger partial charge in [-0.1, -0.05) is 13.8 Å². The highest BCUT2D eigenvalue weighted by molar-refractivity contribution is 7.99. The first-order valence-electron chi connectivity index (χ1n) is 11.0. The molecule has 0 bridgehead atoms. The summed E-state index contributed by atoms with van der Waals surface area (Å²) in [5.74, 6) is 1.25. The molecule has 0 unspecified atom stereocenters. The summed E-state index contributed by atoms with van der Waals surface area (Å²) in [5, 5.41) is 11.5. The third-order valence-corrected chi connectivity index (χ3v) is 6.59. The number of carbonyl (C=O) groups is 2. The minimum absolute atomic E-state index is 0.0111. The Labute approximate surface area is 189 Å². The van der Waals surface area contributed by atoms with Gasteiger partial charge < -0.3 is 9.80 Å². The molecule has 1 aliphatic rings. The quantitative estimate of drug-likeness (QED) is 0.309. The molecule has 0 N–H and O–H groups in total. The average Bonchev–Trinajstić information content (AvgIpc) is 2.74. The summed E-state index contributed by atoms with van der Waals surface area (Å²) in [6, 6.07) is 4.77. The van der Waals surface area contributed by atoms with Crippen molar-refractivity contribution in [1.82, 2.24) is 14.7 Å². The van der Waals surface area contributed by atoms with Gasteiger partial charge in [-0.3, -0.25) is 24.6 Å². The molecule has 0 atom stereocenters. The zero-order valence-electron chi connectivity index (χ0n) is 19.0. The zero-order valence-corrected chi connectivity index (χ0v) is 19.8. The first-order valence-corrected chi connectivity index (χ1v) is 12.0. The van der Waals surface area contributed by atoms with Crippen molar-refractivity contribution in [2.75, 3.05) is 51.6 Å². The van der Waals surface area contributed by atoms with Gasteiger partial charge >= 0.3 is 0 Å². The number of benzene rings is 1. The van der Waals surface area contributed by atoms with Crippen molar-refractivity contribution in [3.63, 3.8) is 0 Å². The van der Waals surface area contributed by atoms with E-state index in [2.05, 4.69) is 18.7 Å². The lowest BCUT2D eigenvalue weighted by atomic mass is 10.1. The number of carbonyl (C=O) groups excluding carboxylic acids is 2. The molecule has 2 amide bonds. The first kappa shape index (κ1) is 25.1. The molecule has 9 heteroatoms. The second-order valence-electron chi connectivity index (χ2n) is 8.10. The normalized spacial score (nSPS) is 14.7. The molecule has 1 aromatic rings. The van der Waals surface area contributed by atoms with E-state index in [0.29, 0.717) is 62.2 Å². The maximum Gasteiger partial charge on any atom is 0.283 e. The Balaban J connectivity index is 1.98. The number of nitrogens with zero attached hydrogens (tertiary/aromatic N) is 4. The first-order chi connectivity index (χ1) is 14.8. The third-order valence-electron chi connectivity index (χ3n) is 5.49. The van der Waals surface area contributed by atoms with Crippen LogP contribution in [0.25, 0.3) is 0 Å². The topological polar surface area (TPSA) is 87.0 Å². The maximum absolute atomic E-state index is 12.9. The third kappa shape index (κ3) is 7.21. The number of piperazine rings is 1. The Hall–Kier alpha value is -2.13. The molecule has 0 spiro atoms. The summed E-state index contributed by atoms with van der Waals surface area (Å²) in [6.07, 6.45) is 0.976. The number of hydrogen-bond donors (Lipinski definition) is 0. The fourth-order valence-electron chi connectivity index (χ4n) is 3.48. The molecule has 0 saturated carbocycles. The summed E-state index contributed by atoms with van der Waals surface area (Å²) in [6.45, 7) is 12.1. The molecule has 0 aliphatic carbocycles. The fraction of sp³-hybridized carbons (Fsp3) is 0.636. The van der Waals surface area contributed by atoms with Gasteiger partial charge in [-0.05, 0) is 44.1 Å². The minimum Gasteiger partial charge on any atom is -0.342 e. The predicted molar refractivity (Wildman–Crippen MR) is 124 cm³/mol. The van der Waals surface area contributed by atoms with E-state index in [-0.39, 0.29) is 17.5 Å². The number of likely N-dealkylation sites (N-methyl/N-ethyl adjacent to an activating group) is 1. The zero-order chi connectivity index (χ0) is 23.0. The van der Waals surface area contributed by atoms with Crippen molar-refractivity contribution in [2.45, 2.75) is 39.0 Å². The van der Waals surface area contributed by atoms with E-state index in [1.165, 1.54) is 17.8 Å². The van der Waals surface area contributed by atoms with Gasteiger partial charge in [-0.2, -0.15) is 0 Å². The standard InChI is InChI=1S/C22H34N4O4S/c1-5-24(6-2)21(27)16-23-10-12-25(13-11-23)22(28)18-7-8-20(19(15-18)26(29)30)31-14-9-17(3)4/h7-8,15,17H,5-6,9-14,16H2,1-4H3. The lowest BCUT2D eigenvalue weighted by molar-refractivity contribution is -0.387. The smallest absolute Gasteiger partial charge is 0.283 e. The van der Waals surface area contributed by atoms with E-state index in [1.54, 1.807) is 21.9 Å². The summed E-state index contributed by atoms with van der Waals surface area (Å²) in [7, 11) is 0. The molecular formula is C22H34N4O4S. The molecule has 8 nitrogen and oxygen atoms in total. The number of amides is 2. The van der Waals surface area contributed by atoms with E-state index >= 15 is 0 Å². The summed E-state index contributed by atoms with van der Waals surface area (Å²) in [4.78, 5) is 42.5. The van der Waals surface area contributed by atoms with E-state index in [9.17, 15) is 19.7 Å². The molecule has 1 aromatic carbocycles. The van der Waals surface area contributed by atoms with Crippen LogP contribution in [0, 0.1) is 16.0 Å². The number of rotatable bonds is 10. The molecule has 1 aliphatic heterocycles. The second kappa shape index (κ2) is 12.0. The van der Waals surface area contributed by atoms with Crippen LogP contribution in [0.3, 0.4) is 0 Å². The van der Waals surface area contributed by atoms with Crippen LogP contribution < -0.4 is 0 Å². The highest BCUT2D eigenvalue weighted by Crippen LogP contribution is 2.31. The van der Waals surface area contributed by atoms with E-state index in [0.717, 1.165) is 12.2 Å². The van der Waals surface area contributed by atoms with Crippen LogP contribution in [0.2, 0.25) is 0 Å². The van der Waals surface area contributed by atoms with Gasteiger partial charge in [0.05, 0.1) is 16.4 Å². The highest BCUT2D eigenvalue weighted by Gasteiger charge is 2.26. The summed E-state index contributed by atoms with van der Waals surface area (Å²) < 4.78 is 0. The van der Waals surface area contributed by atoms with Crippen LogP contribution in [0.15, 0.2) is 23.1 Å². The summed E-state index contributed by atoms with van der Waals surface area (Å²) >= 11 is 1.46. The Morgan fingerprint density at radius 3 is 2.35 bits per heavy atom. The lowest BCUT2D eigenvalue weighted by Gasteiger charge is -2.35. The second-order valence-corrected chi connectivity index (χ2v) is 9.24. The molecule has 0 aromatic heterocycles. The average molecular weight is 451 g/mol. The van der Waals surface area contributed by atoms with Gasteiger partial charge in [0, 0.05) is 50.9 Å². The van der Waals surface area contributed by atoms with Crippen molar-refractivity contribution in [2.24, 2.45) is 5.92 Å². The van der Waals surface area contributed by atoms with Crippen molar-refractivity contribution in [1.29, 1.82) is 0 Å². The molecule has 2 rings (SSSR count). The number of nitro groups is 1. The highest BCUT2D eigenvalue weighted by atomic mass is 32.2. The van der Waals surface area contributed by atoms with E-state index in [1.807, 2.05) is 13.8 Å². The Morgan fingerprint density at radius 1 is 1.16 bits per heavy atom. The lowest BCUT2D eigenvalue weighted by Crippen LogP contribution is -2.51. The van der Waals surface area contributed by atoms with E-state index < -0.39 is 4.92 Å². The van der Waals surface area contributed by atoms with Crippen LogP contribution in [-0.4, -0.2) is 83.0 Å². The van der Waals surface area contributed by atoms with Gasteiger partial charge in [0.25, 0.3) is 11.6 Å². The van der Waals surface area contributed by atoms with Crippen LogP contribution in [-0.2, 0) is 4.79 Å². The predicted octanol–water partition coefficient (Wildman–Crippen LogP) is 3.36. The molecule has 1 saturated heterocycles.